The third-order valence-corrected chi connectivity index (χ3v) is 3.31. The van der Waals surface area contributed by atoms with Crippen LogP contribution in [0.5, 0.6) is 11.6 Å². The number of nitrogens with zero attached hydrogens (tertiary/aromatic N) is 2. The molecule has 2 N–H and O–H groups in total. The van der Waals surface area contributed by atoms with Crippen molar-refractivity contribution in [1.29, 1.82) is 0 Å². The van der Waals surface area contributed by atoms with Crippen LogP contribution in [0.1, 0.15) is 11.1 Å². The van der Waals surface area contributed by atoms with Gasteiger partial charge in [0.15, 0.2) is 0 Å². The van der Waals surface area contributed by atoms with E-state index in [4.69, 9.17) is 10.5 Å². The smallest absolute Gasteiger partial charge is 0.222 e. The zero-order valence-electron chi connectivity index (χ0n) is 11.9. The molecule has 0 radical (unpaired) electrons. The molecule has 0 amide bonds. The molecule has 0 saturated carbocycles. The molecule has 0 unspecified atom stereocenters. The van der Waals surface area contributed by atoms with Crippen molar-refractivity contribution in [2.75, 3.05) is 6.54 Å². The van der Waals surface area contributed by atoms with Gasteiger partial charge in [-0.2, -0.15) is 0 Å². The van der Waals surface area contributed by atoms with Crippen LogP contribution in [0, 0.1) is 6.92 Å². The molecule has 0 aliphatic carbocycles. The number of rotatable bonds is 4. The van der Waals surface area contributed by atoms with Gasteiger partial charge < -0.3 is 10.5 Å². The average molecular weight is 279 g/mol. The second-order valence-electron chi connectivity index (χ2n) is 4.96. The van der Waals surface area contributed by atoms with E-state index in [9.17, 15) is 0 Å². The van der Waals surface area contributed by atoms with Gasteiger partial charge >= 0.3 is 0 Å². The molecule has 0 bridgehead atoms. The lowest BCUT2D eigenvalue weighted by molar-refractivity contribution is 0.459. The summed E-state index contributed by atoms with van der Waals surface area (Å²) in [5, 5.41) is 1.09. The minimum Gasteiger partial charge on any atom is -0.439 e. The number of aryl methyl sites for hydroxylation is 1. The van der Waals surface area contributed by atoms with Gasteiger partial charge in [0.1, 0.15) is 5.75 Å². The monoisotopic (exact) mass is 279 g/mol. The molecule has 0 atom stereocenters. The highest BCUT2D eigenvalue weighted by Crippen LogP contribution is 2.25. The summed E-state index contributed by atoms with van der Waals surface area (Å²) in [6.45, 7) is 2.61. The van der Waals surface area contributed by atoms with Crippen LogP contribution in [0.4, 0.5) is 0 Å². The van der Waals surface area contributed by atoms with E-state index in [-0.39, 0.29) is 0 Å². The first-order valence-electron chi connectivity index (χ1n) is 6.94. The predicted molar refractivity (Wildman–Crippen MR) is 83.5 cm³/mol. The maximum absolute atomic E-state index is 5.87. The van der Waals surface area contributed by atoms with E-state index in [1.54, 1.807) is 6.20 Å². The first kappa shape index (κ1) is 13.5. The molecule has 0 saturated heterocycles. The van der Waals surface area contributed by atoms with Crippen LogP contribution in [0.25, 0.3) is 10.9 Å². The predicted octanol–water partition coefficient (Wildman–Crippen LogP) is 3.23. The SMILES string of the molecule is Cc1cc(CCN)cnc1Oc1ccc2cccnc2c1. The van der Waals surface area contributed by atoms with Crippen LogP contribution in [-0.2, 0) is 6.42 Å². The molecule has 0 fully saturated rings. The van der Waals surface area contributed by atoms with Gasteiger partial charge in [-0.25, -0.2) is 4.98 Å². The fourth-order valence-electron chi connectivity index (χ4n) is 2.25. The second-order valence-corrected chi connectivity index (χ2v) is 4.96. The molecule has 2 heterocycles. The molecule has 4 heteroatoms. The molecular formula is C17H17N3O. The standard InChI is InChI=1S/C17H17N3O/c1-12-9-13(6-7-18)11-20-17(12)21-15-5-4-14-3-2-8-19-16(14)10-15/h2-5,8-11H,6-7,18H2,1H3. The molecule has 0 spiro atoms. The quantitative estimate of drug-likeness (QED) is 0.796. The summed E-state index contributed by atoms with van der Waals surface area (Å²) in [7, 11) is 0. The molecule has 1 aromatic carbocycles. The molecule has 106 valence electrons. The van der Waals surface area contributed by atoms with Crippen molar-refractivity contribution in [3.05, 3.63) is 59.9 Å². The minimum atomic E-state index is 0.617. The van der Waals surface area contributed by atoms with Crippen molar-refractivity contribution < 1.29 is 4.74 Å². The topological polar surface area (TPSA) is 61.0 Å². The average Bonchev–Trinajstić information content (AvgIpc) is 2.50. The molecular weight excluding hydrogens is 262 g/mol. The van der Waals surface area contributed by atoms with E-state index in [0.29, 0.717) is 12.4 Å². The maximum atomic E-state index is 5.87. The summed E-state index contributed by atoms with van der Waals surface area (Å²) in [6.07, 6.45) is 4.42. The van der Waals surface area contributed by atoms with Crippen LogP contribution in [0.3, 0.4) is 0 Å². The first-order valence-corrected chi connectivity index (χ1v) is 6.94. The zero-order valence-corrected chi connectivity index (χ0v) is 11.9. The van der Waals surface area contributed by atoms with Gasteiger partial charge in [0.05, 0.1) is 5.52 Å². The van der Waals surface area contributed by atoms with Crippen molar-refractivity contribution in [2.45, 2.75) is 13.3 Å². The lowest BCUT2D eigenvalue weighted by Gasteiger charge is -2.09. The Balaban J connectivity index is 1.87. The van der Waals surface area contributed by atoms with Crippen molar-refractivity contribution >= 4 is 10.9 Å². The van der Waals surface area contributed by atoms with Crippen molar-refractivity contribution in [3.8, 4) is 11.6 Å². The Morgan fingerprint density at radius 1 is 1.14 bits per heavy atom. The number of ether oxygens (including phenoxy) is 1. The summed E-state index contributed by atoms with van der Waals surface area (Å²) < 4.78 is 5.87. The zero-order chi connectivity index (χ0) is 14.7. The number of aromatic nitrogens is 2. The Labute approximate surface area is 123 Å². The van der Waals surface area contributed by atoms with E-state index >= 15 is 0 Å². The number of pyridine rings is 2. The van der Waals surface area contributed by atoms with E-state index < -0.39 is 0 Å². The number of benzene rings is 1. The van der Waals surface area contributed by atoms with Crippen LogP contribution >= 0.6 is 0 Å². The molecule has 0 aliphatic heterocycles. The third-order valence-electron chi connectivity index (χ3n) is 3.31. The summed E-state index contributed by atoms with van der Waals surface area (Å²) in [5.74, 6) is 1.36. The van der Waals surface area contributed by atoms with E-state index in [2.05, 4.69) is 16.0 Å². The maximum Gasteiger partial charge on any atom is 0.222 e. The number of hydrogen-bond donors (Lipinski definition) is 1. The highest BCUT2D eigenvalue weighted by molar-refractivity contribution is 5.79. The van der Waals surface area contributed by atoms with Gasteiger partial charge in [-0.1, -0.05) is 6.07 Å². The van der Waals surface area contributed by atoms with Crippen LogP contribution in [0.15, 0.2) is 48.8 Å². The Bertz CT molecular complexity index is 771. The van der Waals surface area contributed by atoms with Gasteiger partial charge in [-0.05, 0) is 49.7 Å². The van der Waals surface area contributed by atoms with Gasteiger partial charge in [-0.3, -0.25) is 4.98 Å². The van der Waals surface area contributed by atoms with Crippen LogP contribution in [-0.4, -0.2) is 16.5 Å². The first-order chi connectivity index (χ1) is 10.3. The highest BCUT2D eigenvalue weighted by Gasteiger charge is 2.05. The van der Waals surface area contributed by atoms with Crippen LogP contribution < -0.4 is 10.5 Å². The fourth-order valence-corrected chi connectivity index (χ4v) is 2.25. The molecule has 0 aliphatic rings. The lowest BCUT2D eigenvalue weighted by Crippen LogP contribution is -2.03. The summed E-state index contributed by atoms with van der Waals surface area (Å²) in [5.41, 5.74) is 8.60. The Hall–Kier alpha value is -2.46. The second kappa shape index (κ2) is 5.89. The van der Waals surface area contributed by atoms with E-state index in [1.165, 1.54) is 0 Å². The van der Waals surface area contributed by atoms with Gasteiger partial charge in [-0.15, -0.1) is 0 Å². The highest BCUT2D eigenvalue weighted by atomic mass is 16.5. The molecule has 3 rings (SSSR count). The van der Waals surface area contributed by atoms with E-state index in [1.807, 2.05) is 43.5 Å². The number of hydrogen-bond acceptors (Lipinski definition) is 4. The molecule has 2 aromatic heterocycles. The van der Waals surface area contributed by atoms with Gasteiger partial charge in [0.2, 0.25) is 5.88 Å². The largest absolute Gasteiger partial charge is 0.439 e. The minimum absolute atomic E-state index is 0.617. The van der Waals surface area contributed by atoms with E-state index in [0.717, 1.165) is 34.2 Å². The lowest BCUT2D eigenvalue weighted by atomic mass is 10.1. The summed E-state index contributed by atoms with van der Waals surface area (Å²) in [4.78, 5) is 8.70. The summed E-state index contributed by atoms with van der Waals surface area (Å²) in [6, 6.07) is 11.9. The van der Waals surface area contributed by atoms with Crippen molar-refractivity contribution in [1.82, 2.24) is 9.97 Å². The Morgan fingerprint density at radius 2 is 2.05 bits per heavy atom. The van der Waals surface area contributed by atoms with Crippen molar-refractivity contribution in [2.24, 2.45) is 5.73 Å². The number of fused-ring (bicyclic) bond motifs is 1. The molecule has 4 nitrogen and oxygen atoms in total. The van der Waals surface area contributed by atoms with Gasteiger partial charge in [0, 0.05) is 29.4 Å². The van der Waals surface area contributed by atoms with Crippen LogP contribution in [0.2, 0.25) is 0 Å². The molecule has 3 aromatic rings. The van der Waals surface area contributed by atoms with Crippen molar-refractivity contribution in [3.63, 3.8) is 0 Å². The van der Waals surface area contributed by atoms with Gasteiger partial charge in [0.25, 0.3) is 0 Å². The normalized spacial score (nSPS) is 10.8. The molecule has 21 heavy (non-hydrogen) atoms. The summed E-state index contributed by atoms with van der Waals surface area (Å²) >= 11 is 0. The Morgan fingerprint density at radius 3 is 2.86 bits per heavy atom. The Kier molecular flexibility index (Phi) is 3.79. The number of nitrogens with two attached hydrogens (primary N) is 1. The third kappa shape index (κ3) is 3.01. The fraction of sp³-hybridized carbons (Fsp3) is 0.176.